The van der Waals surface area contributed by atoms with Crippen molar-refractivity contribution in [3.63, 3.8) is 0 Å². The first-order chi connectivity index (χ1) is 24.6. The lowest BCUT2D eigenvalue weighted by Gasteiger charge is -2.35. The number of unbranched alkanes of at least 4 members (excludes halogenated alkanes) is 17. The molecule has 0 aliphatic heterocycles. The topological polar surface area (TPSA) is 149 Å². The molecule has 0 aromatic rings. The van der Waals surface area contributed by atoms with Crippen LogP contribution in [-0.4, -0.2) is 44.3 Å². The monoisotopic (exact) mass is 745 g/mol. The highest BCUT2D eigenvalue weighted by Gasteiger charge is 2.37. The first kappa shape index (κ1) is 56.6. The molecule has 0 aromatic carbocycles. The Balaban J connectivity index is -0.000000825. The highest BCUT2D eigenvalue weighted by molar-refractivity contribution is 5.74. The Morgan fingerprint density at radius 3 is 0.673 bits per heavy atom. The Bertz CT molecular complexity index is 726. The number of carbonyl (C=O) groups is 4. The van der Waals surface area contributed by atoms with E-state index in [1.165, 1.54) is 154 Å². The van der Waals surface area contributed by atoms with Crippen LogP contribution in [0.5, 0.6) is 0 Å². The van der Waals surface area contributed by atoms with E-state index in [0.29, 0.717) is 5.41 Å². The van der Waals surface area contributed by atoms with Crippen LogP contribution in [0.2, 0.25) is 0 Å². The van der Waals surface area contributed by atoms with Gasteiger partial charge in [0.2, 0.25) is 0 Å². The Morgan fingerprint density at radius 2 is 0.500 bits per heavy atom. The van der Waals surface area contributed by atoms with Crippen molar-refractivity contribution in [3.8, 4) is 0 Å². The summed E-state index contributed by atoms with van der Waals surface area (Å²) < 4.78 is 0. The third-order valence-corrected chi connectivity index (χ3v) is 10.0. The SMILES string of the molecule is CC(=O)O.CC(=O)O.CC(=O)O.CCCCCCC(CCCCCC)(CCCCCC)CCCCCC(CCCCCC)(CCCCCC)C(=O)O. The minimum absolute atomic E-state index is 0.473. The smallest absolute Gasteiger partial charge is 0.309 e. The fourth-order valence-corrected chi connectivity index (χ4v) is 7.15. The number of carboxylic acids is 4. The normalized spacial score (nSPS) is 10.9. The fourth-order valence-electron chi connectivity index (χ4n) is 7.15. The van der Waals surface area contributed by atoms with Gasteiger partial charge in [-0.1, -0.05) is 182 Å². The van der Waals surface area contributed by atoms with E-state index in [4.69, 9.17) is 29.7 Å². The number of aliphatic carboxylic acids is 4. The van der Waals surface area contributed by atoms with Gasteiger partial charge >= 0.3 is 5.97 Å². The molecule has 0 saturated heterocycles. The van der Waals surface area contributed by atoms with Crippen molar-refractivity contribution in [3.05, 3.63) is 0 Å². The lowest BCUT2D eigenvalue weighted by atomic mass is 9.70. The van der Waals surface area contributed by atoms with Gasteiger partial charge in [-0.15, -0.1) is 0 Å². The molecule has 0 rings (SSSR count). The Hall–Kier alpha value is -2.12. The molecule has 0 fully saturated rings. The van der Waals surface area contributed by atoms with E-state index in [1.54, 1.807) is 0 Å². The molecular weight excluding hydrogens is 656 g/mol. The zero-order valence-electron chi connectivity index (χ0n) is 35.6. The van der Waals surface area contributed by atoms with Crippen molar-refractivity contribution < 1.29 is 39.6 Å². The highest BCUT2D eigenvalue weighted by atomic mass is 16.4. The van der Waals surface area contributed by atoms with Crippen molar-refractivity contribution in [2.75, 3.05) is 0 Å². The van der Waals surface area contributed by atoms with Crippen molar-refractivity contribution in [2.45, 2.75) is 248 Å². The standard InChI is InChI=1S/C38H76O2.3C2H4O2/c1-6-11-16-22-29-37(30-23-17-12-7-2,31-24-18-13-8-3)32-25-21-28-35-38(36(39)40,33-26-19-14-9-4)34-27-20-15-10-5;3*1-2(3)4/h6-35H2,1-5H3,(H,39,40);3*1H3,(H,3,4). The van der Waals surface area contributed by atoms with Crippen LogP contribution < -0.4 is 0 Å². The predicted molar refractivity (Wildman–Crippen MR) is 219 cm³/mol. The van der Waals surface area contributed by atoms with Crippen molar-refractivity contribution >= 4 is 23.9 Å². The lowest BCUT2D eigenvalue weighted by molar-refractivity contribution is -0.151. The molecule has 0 saturated carbocycles. The number of hydrogen-bond donors (Lipinski definition) is 4. The minimum atomic E-state index is -0.833. The summed E-state index contributed by atoms with van der Waals surface area (Å²) in [5, 5.41) is 32.7. The van der Waals surface area contributed by atoms with Crippen LogP contribution >= 0.6 is 0 Å². The van der Waals surface area contributed by atoms with Crippen molar-refractivity contribution in [1.82, 2.24) is 0 Å². The molecule has 0 atom stereocenters. The number of rotatable bonds is 32. The number of carboxylic acid groups (broad SMARTS) is 4. The second-order valence-electron chi connectivity index (χ2n) is 15.3. The van der Waals surface area contributed by atoms with Crippen molar-refractivity contribution in [1.29, 1.82) is 0 Å². The minimum Gasteiger partial charge on any atom is -0.481 e. The summed E-state index contributed by atoms with van der Waals surface area (Å²) in [5.74, 6) is -3.00. The molecule has 0 unspecified atom stereocenters. The lowest BCUT2D eigenvalue weighted by Crippen LogP contribution is -2.31. The van der Waals surface area contributed by atoms with Gasteiger partial charge in [-0.05, 0) is 50.4 Å². The van der Waals surface area contributed by atoms with Gasteiger partial charge in [0.25, 0.3) is 17.9 Å². The summed E-state index contributed by atoms with van der Waals surface area (Å²) in [4.78, 5) is 39.7. The van der Waals surface area contributed by atoms with Crippen LogP contribution in [0.15, 0.2) is 0 Å². The van der Waals surface area contributed by atoms with Crippen LogP contribution in [0.3, 0.4) is 0 Å². The van der Waals surface area contributed by atoms with Gasteiger partial charge in [0.15, 0.2) is 0 Å². The first-order valence-electron chi connectivity index (χ1n) is 21.5. The first-order valence-corrected chi connectivity index (χ1v) is 21.5. The van der Waals surface area contributed by atoms with Crippen molar-refractivity contribution in [2.24, 2.45) is 10.8 Å². The van der Waals surface area contributed by atoms with E-state index < -0.39 is 29.3 Å². The molecule has 0 radical (unpaired) electrons. The second kappa shape index (κ2) is 41.6. The molecule has 0 bridgehead atoms. The summed E-state index contributed by atoms with van der Waals surface area (Å²) in [6.45, 7) is 14.7. The Kier molecular flexibility index (Phi) is 45.3. The second-order valence-corrected chi connectivity index (χ2v) is 15.3. The van der Waals surface area contributed by atoms with Crippen LogP contribution in [0, 0.1) is 10.8 Å². The molecule has 8 nitrogen and oxygen atoms in total. The average molecular weight is 745 g/mol. The van der Waals surface area contributed by atoms with Gasteiger partial charge in [0.1, 0.15) is 0 Å². The van der Waals surface area contributed by atoms with Crippen LogP contribution in [0.4, 0.5) is 0 Å². The molecule has 312 valence electrons. The van der Waals surface area contributed by atoms with Gasteiger partial charge in [-0.2, -0.15) is 0 Å². The molecule has 8 heteroatoms. The third-order valence-electron chi connectivity index (χ3n) is 10.0. The Morgan fingerprint density at radius 1 is 0.327 bits per heavy atom. The van der Waals surface area contributed by atoms with Gasteiger partial charge in [-0.25, -0.2) is 0 Å². The van der Waals surface area contributed by atoms with E-state index in [-0.39, 0.29) is 0 Å². The molecule has 0 amide bonds. The van der Waals surface area contributed by atoms with Crippen LogP contribution in [-0.2, 0) is 19.2 Å². The molecule has 0 heterocycles. The molecular formula is C44H88O8. The van der Waals surface area contributed by atoms with Crippen LogP contribution in [0.25, 0.3) is 0 Å². The maximum absolute atomic E-state index is 12.7. The van der Waals surface area contributed by atoms with Gasteiger partial charge in [-0.3, -0.25) is 19.2 Å². The highest BCUT2D eigenvalue weighted by Crippen LogP contribution is 2.43. The van der Waals surface area contributed by atoms with E-state index >= 15 is 0 Å². The summed E-state index contributed by atoms with van der Waals surface area (Å²) in [6, 6.07) is 0. The predicted octanol–water partition coefficient (Wildman–Crippen LogP) is 14.1. The maximum atomic E-state index is 12.7. The Labute approximate surface area is 321 Å². The summed E-state index contributed by atoms with van der Waals surface area (Å²) in [5.41, 5.74) is 0.0679. The zero-order valence-corrected chi connectivity index (χ0v) is 35.6. The molecule has 4 N–H and O–H groups in total. The summed E-state index contributed by atoms with van der Waals surface area (Å²) >= 11 is 0. The van der Waals surface area contributed by atoms with Crippen LogP contribution in [0.1, 0.15) is 248 Å². The number of hydrogen-bond acceptors (Lipinski definition) is 4. The van der Waals surface area contributed by atoms with E-state index in [2.05, 4.69) is 34.6 Å². The fraction of sp³-hybridized carbons (Fsp3) is 0.909. The molecule has 52 heavy (non-hydrogen) atoms. The van der Waals surface area contributed by atoms with Gasteiger partial charge < -0.3 is 20.4 Å². The van der Waals surface area contributed by atoms with Gasteiger partial charge in [0, 0.05) is 20.8 Å². The molecule has 0 spiro atoms. The quantitative estimate of drug-likeness (QED) is 0.0497. The van der Waals surface area contributed by atoms with E-state index in [0.717, 1.165) is 59.3 Å². The maximum Gasteiger partial charge on any atom is 0.309 e. The average Bonchev–Trinajstić information content (AvgIpc) is 3.06. The zero-order chi connectivity index (χ0) is 40.5. The molecule has 0 aliphatic rings. The summed E-state index contributed by atoms with van der Waals surface area (Å²) in [6.07, 6.45) is 38.0. The third kappa shape index (κ3) is 44.0. The largest absolute Gasteiger partial charge is 0.481 e. The van der Waals surface area contributed by atoms with E-state index in [1.807, 2.05) is 0 Å². The van der Waals surface area contributed by atoms with Gasteiger partial charge in [0.05, 0.1) is 5.41 Å². The van der Waals surface area contributed by atoms with E-state index in [9.17, 15) is 9.90 Å². The summed E-state index contributed by atoms with van der Waals surface area (Å²) in [7, 11) is 0. The molecule has 0 aromatic heterocycles. The molecule has 0 aliphatic carbocycles.